The molecule has 0 aliphatic heterocycles. The molecule has 4 nitrogen and oxygen atoms in total. The molecule has 0 aliphatic carbocycles. The molecule has 0 aromatic carbocycles. The molecule has 15 heavy (non-hydrogen) atoms. The van der Waals surface area contributed by atoms with Crippen LogP contribution in [0.5, 0.6) is 0 Å². The second-order valence-corrected chi connectivity index (χ2v) is 3.93. The zero-order valence-corrected chi connectivity index (χ0v) is 10.1. The smallest absolute Gasteiger partial charge is 0.162 e. The summed E-state index contributed by atoms with van der Waals surface area (Å²) in [7, 11) is 1.66. The van der Waals surface area contributed by atoms with Crippen LogP contribution < -0.4 is 5.73 Å². The first-order chi connectivity index (χ1) is 6.94. The van der Waals surface area contributed by atoms with Crippen LogP contribution in [0.15, 0.2) is 0 Å². The lowest BCUT2D eigenvalue weighted by Crippen LogP contribution is -2.27. The number of ether oxygens (including phenoxy) is 1. The van der Waals surface area contributed by atoms with Crippen LogP contribution in [0.4, 0.5) is 5.82 Å². The first kappa shape index (κ1) is 11.9. The summed E-state index contributed by atoms with van der Waals surface area (Å²) >= 11 is 0. The topological polar surface area (TPSA) is 61.0 Å². The van der Waals surface area contributed by atoms with Gasteiger partial charge in [-0.15, -0.1) is 0 Å². The number of nitrogen functional groups attached to an aromatic ring is 1. The van der Waals surface area contributed by atoms with Gasteiger partial charge in [0.1, 0.15) is 11.4 Å². The van der Waals surface area contributed by atoms with Crippen molar-refractivity contribution >= 4 is 5.82 Å². The third kappa shape index (κ3) is 2.09. The van der Waals surface area contributed by atoms with E-state index in [9.17, 15) is 0 Å². The van der Waals surface area contributed by atoms with Crippen LogP contribution in [0.25, 0.3) is 0 Å². The fourth-order valence-corrected chi connectivity index (χ4v) is 1.28. The zero-order chi connectivity index (χ0) is 11.6. The lowest BCUT2D eigenvalue weighted by atomic mass is 10.0. The van der Waals surface area contributed by atoms with Crippen LogP contribution >= 0.6 is 0 Å². The Morgan fingerprint density at radius 2 is 1.93 bits per heavy atom. The van der Waals surface area contributed by atoms with E-state index >= 15 is 0 Å². The molecule has 1 aromatic heterocycles. The maximum absolute atomic E-state index is 5.82. The molecular formula is C11H19N3O. The van der Waals surface area contributed by atoms with Gasteiger partial charge in [-0.05, 0) is 27.2 Å². The molecule has 0 saturated heterocycles. The van der Waals surface area contributed by atoms with Crippen LogP contribution in [0.3, 0.4) is 0 Å². The van der Waals surface area contributed by atoms with Gasteiger partial charge in [0.25, 0.3) is 0 Å². The molecule has 0 amide bonds. The van der Waals surface area contributed by atoms with E-state index in [1.807, 2.05) is 27.7 Å². The van der Waals surface area contributed by atoms with Crippen LogP contribution in [-0.4, -0.2) is 17.1 Å². The zero-order valence-electron chi connectivity index (χ0n) is 10.1. The molecule has 1 heterocycles. The molecule has 0 saturated carbocycles. The number of nitrogens with zero attached hydrogens (tertiary/aromatic N) is 2. The van der Waals surface area contributed by atoms with Crippen molar-refractivity contribution in [2.24, 2.45) is 0 Å². The predicted octanol–water partition coefficient (Wildman–Crippen LogP) is 1.95. The highest BCUT2D eigenvalue weighted by Gasteiger charge is 2.28. The summed E-state index contributed by atoms with van der Waals surface area (Å²) in [6.07, 6.45) is 0.811. The van der Waals surface area contributed by atoms with Gasteiger partial charge >= 0.3 is 0 Å². The molecule has 4 heteroatoms. The molecule has 0 bridgehead atoms. The van der Waals surface area contributed by atoms with E-state index in [1.165, 1.54) is 0 Å². The summed E-state index contributed by atoms with van der Waals surface area (Å²) in [6.45, 7) is 7.86. The normalized spacial score (nSPS) is 15.0. The molecule has 1 rings (SSSR count). The van der Waals surface area contributed by atoms with E-state index < -0.39 is 5.60 Å². The van der Waals surface area contributed by atoms with Crippen molar-refractivity contribution in [2.75, 3.05) is 12.8 Å². The molecule has 1 aromatic rings. The second kappa shape index (κ2) is 4.14. The van der Waals surface area contributed by atoms with Gasteiger partial charge < -0.3 is 10.5 Å². The molecule has 0 spiro atoms. The SMILES string of the molecule is CCC(C)(OC)c1nc(C)c(C)c(N)n1. The fraction of sp³-hybridized carbons (Fsp3) is 0.636. The van der Waals surface area contributed by atoms with Crippen LogP contribution in [0.1, 0.15) is 37.4 Å². The van der Waals surface area contributed by atoms with Crippen molar-refractivity contribution < 1.29 is 4.74 Å². The minimum Gasteiger partial charge on any atom is -0.383 e. The van der Waals surface area contributed by atoms with Gasteiger partial charge in [0.05, 0.1) is 0 Å². The van der Waals surface area contributed by atoms with Gasteiger partial charge in [-0.2, -0.15) is 0 Å². The number of hydrogen-bond acceptors (Lipinski definition) is 4. The number of hydrogen-bond donors (Lipinski definition) is 1. The molecule has 84 valence electrons. The minimum absolute atomic E-state index is 0.452. The Morgan fingerprint density at radius 3 is 2.33 bits per heavy atom. The Morgan fingerprint density at radius 1 is 1.33 bits per heavy atom. The second-order valence-electron chi connectivity index (χ2n) is 3.93. The van der Waals surface area contributed by atoms with E-state index in [1.54, 1.807) is 7.11 Å². The number of aryl methyl sites for hydroxylation is 1. The highest BCUT2D eigenvalue weighted by atomic mass is 16.5. The monoisotopic (exact) mass is 209 g/mol. The Balaban J connectivity index is 3.27. The van der Waals surface area contributed by atoms with Crippen LogP contribution in [0, 0.1) is 13.8 Å². The van der Waals surface area contributed by atoms with Crippen LogP contribution in [-0.2, 0) is 10.3 Å². The average molecular weight is 209 g/mol. The largest absolute Gasteiger partial charge is 0.383 e. The number of aromatic nitrogens is 2. The predicted molar refractivity (Wildman–Crippen MR) is 60.6 cm³/mol. The lowest BCUT2D eigenvalue weighted by Gasteiger charge is -2.25. The van der Waals surface area contributed by atoms with E-state index in [2.05, 4.69) is 9.97 Å². The molecule has 0 fully saturated rings. The summed E-state index contributed by atoms with van der Waals surface area (Å²) in [5.74, 6) is 1.20. The molecule has 2 N–H and O–H groups in total. The third-order valence-electron chi connectivity index (χ3n) is 3.03. The van der Waals surface area contributed by atoms with Crippen molar-refractivity contribution in [1.29, 1.82) is 0 Å². The molecule has 0 radical (unpaired) electrons. The minimum atomic E-state index is -0.452. The van der Waals surface area contributed by atoms with Crippen LogP contribution in [0.2, 0.25) is 0 Å². The van der Waals surface area contributed by atoms with E-state index in [4.69, 9.17) is 10.5 Å². The van der Waals surface area contributed by atoms with Gasteiger partial charge in [-0.25, -0.2) is 9.97 Å². The Hall–Kier alpha value is -1.16. The maximum atomic E-state index is 5.82. The van der Waals surface area contributed by atoms with Crippen molar-refractivity contribution in [3.05, 3.63) is 17.1 Å². The Bertz CT molecular complexity index is 336. The quantitative estimate of drug-likeness (QED) is 0.826. The lowest BCUT2D eigenvalue weighted by molar-refractivity contribution is -0.00900. The molecule has 1 unspecified atom stereocenters. The van der Waals surface area contributed by atoms with Gasteiger partial charge in [0, 0.05) is 18.4 Å². The fourth-order valence-electron chi connectivity index (χ4n) is 1.28. The average Bonchev–Trinajstić information content (AvgIpc) is 2.24. The standard InChI is InChI=1S/C11H19N3O/c1-6-11(4,15-5)10-13-8(3)7(2)9(12)14-10/h6H2,1-5H3,(H2,12,13,14). The number of anilines is 1. The number of rotatable bonds is 3. The number of methoxy groups -OCH3 is 1. The van der Waals surface area contributed by atoms with Gasteiger partial charge in [0.2, 0.25) is 0 Å². The Labute approximate surface area is 90.9 Å². The summed E-state index contributed by atoms with van der Waals surface area (Å²) in [4.78, 5) is 8.72. The highest BCUT2D eigenvalue weighted by Crippen LogP contribution is 2.26. The first-order valence-corrected chi connectivity index (χ1v) is 5.11. The van der Waals surface area contributed by atoms with Gasteiger partial charge in [0.15, 0.2) is 5.82 Å². The van der Waals surface area contributed by atoms with E-state index in [0.29, 0.717) is 11.6 Å². The summed E-state index contributed by atoms with van der Waals surface area (Å²) in [5, 5.41) is 0. The van der Waals surface area contributed by atoms with Gasteiger partial charge in [-0.3, -0.25) is 0 Å². The van der Waals surface area contributed by atoms with Crippen molar-refractivity contribution in [3.63, 3.8) is 0 Å². The Kier molecular flexibility index (Phi) is 3.29. The van der Waals surface area contributed by atoms with Crippen molar-refractivity contribution in [3.8, 4) is 0 Å². The maximum Gasteiger partial charge on any atom is 0.162 e. The highest BCUT2D eigenvalue weighted by molar-refractivity contribution is 5.41. The van der Waals surface area contributed by atoms with Crippen molar-refractivity contribution in [1.82, 2.24) is 9.97 Å². The first-order valence-electron chi connectivity index (χ1n) is 5.11. The van der Waals surface area contributed by atoms with Crippen molar-refractivity contribution in [2.45, 2.75) is 39.7 Å². The van der Waals surface area contributed by atoms with E-state index in [0.717, 1.165) is 17.7 Å². The third-order valence-corrected chi connectivity index (χ3v) is 3.03. The molecule has 1 atom stereocenters. The summed E-state index contributed by atoms with van der Waals surface area (Å²) < 4.78 is 5.44. The summed E-state index contributed by atoms with van der Waals surface area (Å²) in [6, 6.07) is 0. The number of nitrogens with two attached hydrogens (primary N) is 1. The summed E-state index contributed by atoms with van der Waals surface area (Å²) in [5.41, 5.74) is 7.22. The van der Waals surface area contributed by atoms with E-state index in [-0.39, 0.29) is 0 Å². The molecular weight excluding hydrogens is 190 g/mol. The van der Waals surface area contributed by atoms with Gasteiger partial charge in [-0.1, -0.05) is 6.92 Å². The molecule has 0 aliphatic rings.